The quantitative estimate of drug-likeness (QED) is 0.850. The Hall–Kier alpha value is -1.39. The van der Waals surface area contributed by atoms with E-state index < -0.39 is 0 Å². The van der Waals surface area contributed by atoms with Gasteiger partial charge in [0.2, 0.25) is 0 Å². The maximum absolute atomic E-state index is 12.1. The number of ketones is 1. The summed E-state index contributed by atoms with van der Waals surface area (Å²) in [5.74, 6) is 0.0244. The van der Waals surface area contributed by atoms with Crippen molar-refractivity contribution < 1.29 is 9.59 Å². The van der Waals surface area contributed by atoms with E-state index in [0.717, 1.165) is 19.6 Å². The fourth-order valence-corrected chi connectivity index (χ4v) is 2.54. The van der Waals surface area contributed by atoms with E-state index in [1.54, 1.807) is 31.3 Å². The van der Waals surface area contributed by atoms with Gasteiger partial charge in [-0.15, -0.1) is 12.4 Å². The van der Waals surface area contributed by atoms with Crippen molar-refractivity contribution in [2.24, 2.45) is 0 Å². The van der Waals surface area contributed by atoms with Gasteiger partial charge in [0.05, 0.1) is 0 Å². The summed E-state index contributed by atoms with van der Waals surface area (Å²) in [6, 6.07) is 6.88. The zero-order valence-corrected chi connectivity index (χ0v) is 13.2. The van der Waals surface area contributed by atoms with Crippen LogP contribution in [0.1, 0.15) is 46.4 Å². The van der Waals surface area contributed by atoms with Gasteiger partial charge in [0.15, 0.2) is 5.78 Å². The number of hydrogen-bond acceptors (Lipinski definition) is 3. The fraction of sp³-hybridized carbons (Fsp3) is 0.500. The number of benzene rings is 1. The molecule has 1 aromatic rings. The van der Waals surface area contributed by atoms with Crippen molar-refractivity contribution in [3.63, 3.8) is 0 Å². The molecule has 116 valence electrons. The first-order valence-corrected chi connectivity index (χ1v) is 7.28. The summed E-state index contributed by atoms with van der Waals surface area (Å²) in [5.41, 5.74) is 1.27. The van der Waals surface area contributed by atoms with Crippen molar-refractivity contribution >= 4 is 24.1 Å². The molecule has 2 rings (SSSR count). The lowest BCUT2D eigenvalue weighted by Gasteiger charge is -2.25. The number of rotatable bonds is 5. The van der Waals surface area contributed by atoms with Crippen LogP contribution in [0.5, 0.6) is 0 Å². The van der Waals surface area contributed by atoms with Crippen LogP contribution in [-0.2, 0) is 0 Å². The SMILES string of the molecule is CNC(=O)c1ccc(C(=O)CCN2CCCCC2)cc1.Cl. The minimum absolute atomic E-state index is 0. The first kappa shape index (κ1) is 17.7. The molecule has 5 heteroatoms. The molecule has 0 radical (unpaired) electrons. The Kier molecular flexibility index (Phi) is 7.40. The summed E-state index contributed by atoms with van der Waals surface area (Å²) >= 11 is 0. The van der Waals surface area contributed by atoms with Gasteiger partial charge in [-0.3, -0.25) is 9.59 Å². The van der Waals surface area contributed by atoms with E-state index in [2.05, 4.69) is 10.2 Å². The lowest BCUT2D eigenvalue weighted by molar-refractivity contribution is 0.0949. The number of carbonyl (C=O) groups is 2. The van der Waals surface area contributed by atoms with Gasteiger partial charge in [-0.2, -0.15) is 0 Å². The average molecular weight is 311 g/mol. The molecule has 0 aliphatic carbocycles. The van der Waals surface area contributed by atoms with Crippen molar-refractivity contribution in [3.8, 4) is 0 Å². The molecule has 0 unspecified atom stereocenters. The minimum atomic E-state index is -0.127. The molecule has 1 aromatic carbocycles. The third-order valence-electron chi connectivity index (χ3n) is 3.80. The highest BCUT2D eigenvalue weighted by atomic mass is 35.5. The van der Waals surface area contributed by atoms with Crippen LogP contribution in [0.15, 0.2) is 24.3 Å². The molecule has 1 amide bonds. The number of piperidine rings is 1. The van der Waals surface area contributed by atoms with Gasteiger partial charge in [0, 0.05) is 31.1 Å². The van der Waals surface area contributed by atoms with Crippen LogP contribution in [0, 0.1) is 0 Å². The van der Waals surface area contributed by atoms with E-state index in [4.69, 9.17) is 0 Å². The van der Waals surface area contributed by atoms with Gasteiger partial charge >= 0.3 is 0 Å². The van der Waals surface area contributed by atoms with Gasteiger partial charge in [-0.05, 0) is 38.1 Å². The van der Waals surface area contributed by atoms with Crippen LogP contribution in [0.2, 0.25) is 0 Å². The molecular weight excluding hydrogens is 288 g/mol. The third kappa shape index (κ3) is 5.14. The Morgan fingerprint density at radius 1 is 1.05 bits per heavy atom. The standard InChI is InChI=1S/C16H22N2O2.ClH/c1-17-16(20)14-7-5-13(6-8-14)15(19)9-12-18-10-3-2-4-11-18;/h5-8H,2-4,9-12H2,1H3,(H,17,20);1H. The van der Waals surface area contributed by atoms with E-state index in [1.165, 1.54) is 19.3 Å². The molecule has 1 aliphatic heterocycles. The monoisotopic (exact) mass is 310 g/mol. The van der Waals surface area contributed by atoms with E-state index in [9.17, 15) is 9.59 Å². The normalized spacial score (nSPS) is 15.1. The Bertz CT molecular complexity index is 468. The molecule has 0 aromatic heterocycles. The van der Waals surface area contributed by atoms with Crippen LogP contribution in [0.3, 0.4) is 0 Å². The highest BCUT2D eigenvalue weighted by molar-refractivity contribution is 5.98. The van der Waals surface area contributed by atoms with Crippen molar-refractivity contribution in [1.82, 2.24) is 10.2 Å². The number of Topliss-reactive ketones (excluding diaryl/α,β-unsaturated/α-hetero) is 1. The van der Waals surface area contributed by atoms with E-state index >= 15 is 0 Å². The molecular formula is C16H23ClN2O2. The first-order chi connectivity index (χ1) is 9.70. The molecule has 1 aliphatic rings. The van der Waals surface area contributed by atoms with Crippen LogP contribution in [0.25, 0.3) is 0 Å². The van der Waals surface area contributed by atoms with Gasteiger partial charge in [-0.25, -0.2) is 0 Å². The second-order valence-corrected chi connectivity index (χ2v) is 5.23. The zero-order valence-electron chi connectivity index (χ0n) is 12.4. The second-order valence-electron chi connectivity index (χ2n) is 5.23. The Morgan fingerprint density at radius 2 is 1.62 bits per heavy atom. The molecule has 1 N–H and O–H groups in total. The van der Waals surface area contributed by atoms with Crippen LogP contribution < -0.4 is 5.32 Å². The van der Waals surface area contributed by atoms with E-state index in [-0.39, 0.29) is 24.1 Å². The summed E-state index contributed by atoms with van der Waals surface area (Å²) in [6.45, 7) is 3.07. The lowest BCUT2D eigenvalue weighted by atomic mass is 10.0. The van der Waals surface area contributed by atoms with E-state index in [0.29, 0.717) is 17.5 Å². The van der Waals surface area contributed by atoms with Crippen molar-refractivity contribution in [2.45, 2.75) is 25.7 Å². The van der Waals surface area contributed by atoms with Gasteiger partial charge in [-0.1, -0.05) is 18.6 Å². The van der Waals surface area contributed by atoms with Gasteiger partial charge < -0.3 is 10.2 Å². The van der Waals surface area contributed by atoms with Crippen LogP contribution in [0.4, 0.5) is 0 Å². The molecule has 0 saturated carbocycles. The van der Waals surface area contributed by atoms with Crippen LogP contribution >= 0.6 is 12.4 Å². The van der Waals surface area contributed by atoms with Crippen molar-refractivity contribution in [2.75, 3.05) is 26.7 Å². The highest BCUT2D eigenvalue weighted by Gasteiger charge is 2.13. The topological polar surface area (TPSA) is 49.4 Å². The molecule has 0 spiro atoms. The van der Waals surface area contributed by atoms with E-state index in [1.807, 2.05) is 0 Å². The number of nitrogens with zero attached hydrogens (tertiary/aromatic N) is 1. The predicted molar refractivity (Wildman–Crippen MR) is 86.3 cm³/mol. The minimum Gasteiger partial charge on any atom is -0.355 e. The lowest BCUT2D eigenvalue weighted by Crippen LogP contribution is -2.31. The van der Waals surface area contributed by atoms with Gasteiger partial charge in [0.1, 0.15) is 0 Å². The summed E-state index contributed by atoms with van der Waals surface area (Å²) in [7, 11) is 1.60. The third-order valence-corrected chi connectivity index (χ3v) is 3.80. The largest absolute Gasteiger partial charge is 0.355 e. The van der Waals surface area contributed by atoms with Crippen LogP contribution in [-0.4, -0.2) is 43.3 Å². The zero-order chi connectivity index (χ0) is 14.4. The second kappa shape index (κ2) is 8.80. The number of likely N-dealkylation sites (tertiary alicyclic amines) is 1. The number of nitrogens with one attached hydrogen (secondary N) is 1. The first-order valence-electron chi connectivity index (χ1n) is 7.28. The Morgan fingerprint density at radius 3 is 2.19 bits per heavy atom. The highest BCUT2D eigenvalue weighted by Crippen LogP contribution is 2.11. The number of hydrogen-bond donors (Lipinski definition) is 1. The average Bonchev–Trinajstić information content (AvgIpc) is 2.53. The Balaban J connectivity index is 0.00000220. The van der Waals surface area contributed by atoms with Gasteiger partial charge in [0.25, 0.3) is 5.91 Å². The maximum Gasteiger partial charge on any atom is 0.251 e. The number of carbonyl (C=O) groups excluding carboxylic acids is 2. The van der Waals surface area contributed by atoms with Crippen molar-refractivity contribution in [1.29, 1.82) is 0 Å². The summed E-state index contributed by atoms with van der Waals surface area (Å²) in [6.07, 6.45) is 4.36. The summed E-state index contributed by atoms with van der Waals surface area (Å²) in [5, 5.41) is 2.57. The molecule has 21 heavy (non-hydrogen) atoms. The maximum atomic E-state index is 12.1. The molecule has 1 saturated heterocycles. The molecule has 0 atom stereocenters. The summed E-state index contributed by atoms with van der Waals surface area (Å²) in [4.78, 5) is 25.9. The molecule has 0 bridgehead atoms. The summed E-state index contributed by atoms with van der Waals surface area (Å²) < 4.78 is 0. The Labute approximate surface area is 132 Å². The molecule has 1 heterocycles. The molecule has 4 nitrogen and oxygen atoms in total. The molecule has 1 fully saturated rings. The fourth-order valence-electron chi connectivity index (χ4n) is 2.54. The number of amides is 1. The van der Waals surface area contributed by atoms with Crippen molar-refractivity contribution in [3.05, 3.63) is 35.4 Å². The number of halogens is 1. The predicted octanol–water partition coefficient (Wildman–Crippen LogP) is 2.53. The smallest absolute Gasteiger partial charge is 0.251 e.